The summed E-state index contributed by atoms with van der Waals surface area (Å²) in [6.07, 6.45) is 1.06. The largest absolute Gasteiger partial charge is 0.494 e. The normalized spacial score (nSPS) is 12.1. The number of benzene rings is 2. The van der Waals surface area contributed by atoms with Crippen LogP contribution in [-0.4, -0.2) is 6.61 Å². The van der Waals surface area contributed by atoms with Crippen LogP contribution < -0.4 is 10.1 Å². The summed E-state index contributed by atoms with van der Waals surface area (Å²) in [5.74, 6) is 0.937. The van der Waals surface area contributed by atoms with Crippen molar-refractivity contribution in [3.05, 3.63) is 64.1 Å². The Morgan fingerprint density at radius 2 is 1.90 bits per heavy atom. The zero-order valence-electron chi connectivity index (χ0n) is 12.6. The third-order valence-corrected chi connectivity index (χ3v) is 3.91. The molecular formula is C18H22BrNO. The van der Waals surface area contributed by atoms with Crippen LogP contribution in [0.3, 0.4) is 0 Å². The van der Waals surface area contributed by atoms with Gasteiger partial charge in [-0.2, -0.15) is 0 Å². The number of halogens is 1. The van der Waals surface area contributed by atoms with E-state index in [2.05, 4.69) is 64.6 Å². The van der Waals surface area contributed by atoms with E-state index in [9.17, 15) is 0 Å². The summed E-state index contributed by atoms with van der Waals surface area (Å²) in [7, 11) is 0. The molecule has 0 saturated heterocycles. The van der Waals surface area contributed by atoms with Gasteiger partial charge in [0.05, 0.1) is 6.61 Å². The lowest BCUT2D eigenvalue weighted by Crippen LogP contribution is -2.20. The second-order valence-corrected chi connectivity index (χ2v) is 5.89. The predicted octanol–water partition coefficient (Wildman–Crippen LogP) is 5.09. The summed E-state index contributed by atoms with van der Waals surface area (Å²) in [5.41, 5.74) is 2.56. The van der Waals surface area contributed by atoms with Crippen molar-refractivity contribution in [3.8, 4) is 5.75 Å². The Morgan fingerprint density at radius 1 is 1.10 bits per heavy atom. The van der Waals surface area contributed by atoms with Crippen LogP contribution in [-0.2, 0) is 6.54 Å². The van der Waals surface area contributed by atoms with Crippen molar-refractivity contribution in [2.45, 2.75) is 32.9 Å². The fourth-order valence-corrected chi connectivity index (χ4v) is 2.79. The average molecular weight is 348 g/mol. The molecule has 0 aliphatic carbocycles. The van der Waals surface area contributed by atoms with Crippen molar-refractivity contribution in [1.29, 1.82) is 0 Å². The van der Waals surface area contributed by atoms with Gasteiger partial charge in [0.25, 0.3) is 0 Å². The van der Waals surface area contributed by atoms with Gasteiger partial charge in [0.1, 0.15) is 5.75 Å². The summed E-state index contributed by atoms with van der Waals surface area (Å²) < 4.78 is 6.67. The van der Waals surface area contributed by atoms with Gasteiger partial charge in [-0.1, -0.05) is 47.1 Å². The molecule has 0 fully saturated rings. The highest BCUT2D eigenvalue weighted by molar-refractivity contribution is 9.10. The minimum atomic E-state index is 0.359. The molecule has 2 rings (SSSR count). The first-order chi connectivity index (χ1) is 10.2. The summed E-state index contributed by atoms with van der Waals surface area (Å²) >= 11 is 3.54. The lowest BCUT2D eigenvalue weighted by molar-refractivity contribution is 0.339. The lowest BCUT2D eigenvalue weighted by Gasteiger charge is -2.18. The van der Waals surface area contributed by atoms with E-state index >= 15 is 0 Å². The van der Waals surface area contributed by atoms with Crippen molar-refractivity contribution in [1.82, 2.24) is 5.32 Å². The number of hydrogen-bond donors (Lipinski definition) is 1. The molecule has 0 radical (unpaired) electrons. The van der Waals surface area contributed by atoms with Gasteiger partial charge >= 0.3 is 0 Å². The molecule has 0 aliphatic rings. The number of hydrogen-bond acceptors (Lipinski definition) is 2. The van der Waals surface area contributed by atoms with Crippen LogP contribution in [0.2, 0.25) is 0 Å². The minimum absolute atomic E-state index is 0.359. The molecule has 1 N–H and O–H groups in total. The van der Waals surface area contributed by atoms with Gasteiger partial charge in [0, 0.05) is 17.1 Å². The molecule has 0 amide bonds. The van der Waals surface area contributed by atoms with E-state index in [0.29, 0.717) is 12.6 Å². The highest BCUT2D eigenvalue weighted by Gasteiger charge is 2.09. The Labute approximate surface area is 135 Å². The van der Waals surface area contributed by atoms with Gasteiger partial charge in [-0.3, -0.25) is 0 Å². The molecule has 2 aromatic rings. The van der Waals surface area contributed by atoms with Crippen LogP contribution in [0.5, 0.6) is 5.75 Å². The zero-order chi connectivity index (χ0) is 15.1. The molecular weight excluding hydrogens is 326 g/mol. The number of rotatable bonds is 7. The zero-order valence-corrected chi connectivity index (χ0v) is 14.2. The molecule has 21 heavy (non-hydrogen) atoms. The first-order valence-corrected chi connectivity index (χ1v) is 8.22. The first kappa shape index (κ1) is 16.1. The maximum Gasteiger partial charge on any atom is 0.119 e. The Kier molecular flexibility index (Phi) is 6.27. The Morgan fingerprint density at radius 3 is 2.62 bits per heavy atom. The summed E-state index contributed by atoms with van der Waals surface area (Å²) in [5, 5.41) is 3.62. The van der Waals surface area contributed by atoms with Crippen LogP contribution in [0.15, 0.2) is 53.0 Å². The highest BCUT2D eigenvalue weighted by Crippen LogP contribution is 2.21. The van der Waals surface area contributed by atoms with Crippen LogP contribution in [0.25, 0.3) is 0 Å². The quantitative estimate of drug-likeness (QED) is 0.753. The number of ether oxygens (including phenoxy) is 1. The SMILES string of the molecule is CCOc1cccc(CNC(CC)c2cccc(Br)c2)c1. The van der Waals surface area contributed by atoms with Crippen molar-refractivity contribution in [2.75, 3.05) is 6.61 Å². The van der Waals surface area contributed by atoms with Crippen molar-refractivity contribution in [2.24, 2.45) is 0 Å². The van der Waals surface area contributed by atoms with Gasteiger partial charge in [-0.15, -0.1) is 0 Å². The predicted molar refractivity (Wildman–Crippen MR) is 91.6 cm³/mol. The van der Waals surface area contributed by atoms with Crippen molar-refractivity contribution in [3.63, 3.8) is 0 Å². The molecule has 0 saturated carbocycles. The van der Waals surface area contributed by atoms with E-state index in [1.165, 1.54) is 11.1 Å². The van der Waals surface area contributed by atoms with Crippen molar-refractivity contribution >= 4 is 15.9 Å². The molecule has 0 bridgehead atoms. The molecule has 0 spiro atoms. The molecule has 1 unspecified atom stereocenters. The summed E-state index contributed by atoms with van der Waals surface area (Å²) in [6.45, 7) is 5.75. The second-order valence-electron chi connectivity index (χ2n) is 4.98. The van der Waals surface area contributed by atoms with Gasteiger partial charge in [0.15, 0.2) is 0 Å². The second kappa shape index (κ2) is 8.20. The van der Waals surface area contributed by atoms with Crippen LogP contribution in [0.4, 0.5) is 0 Å². The summed E-state index contributed by atoms with van der Waals surface area (Å²) in [4.78, 5) is 0. The van der Waals surface area contributed by atoms with E-state index in [1.54, 1.807) is 0 Å². The molecule has 0 aliphatic heterocycles. The van der Waals surface area contributed by atoms with E-state index in [4.69, 9.17) is 4.74 Å². The fourth-order valence-electron chi connectivity index (χ4n) is 2.37. The molecule has 0 heterocycles. The van der Waals surface area contributed by atoms with E-state index in [-0.39, 0.29) is 0 Å². The van der Waals surface area contributed by atoms with E-state index < -0.39 is 0 Å². The monoisotopic (exact) mass is 347 g/mol. The molecule has 2 nitrogen and oxygen atoms in total. The maximum absolute atomic E-state index is 5.55. The molecule has 2 aromatic carbocycles. The van der Waals surface area contributed by atoms with Crippen LogP contribution in [0, 0.1) is 0 Å². The lowest BCUT2D eigenvalue weighted by atomic mass is 10.0. The Bertz CT molecular complexity index is 571. The van der Waals surface area contributed by atoms with Crippen LogP contribution >= 0.6 is 15.9 Å². The van der Waals surface area contributed by atoms with Gasteiger partial charge < -0.3 is 10.1 Å². The number of nitrogens with one attached hydrogen (secondary N) is 1. The Hall–Kier alpha value is -1.32. The first-order valence-electron chi connectivity index (χ1n) is 7.43. The average Bonchev–Trinajstić information content (AvgIpc) is 2.49. The molecule has 112 valence electrons. The smallest absolute Gasteiger partial charge is 0.119 e. The Balaban J connectivity index is 2.01. The van der Waals surface area contributed by atoms with Gasteiger partial charge in [-0.25, -0.2) is 0 Å². The van der Waals surface area contributed by atoms with Gasteiger partial charge in [0.2, 0.25) is 0 Å². The van der Waals surface area contributed by atoms with E-state index in [1.807, 2.05) is 19.1 Å². The third kappa shape index (κ3) is 4.87. The van der Waals surface area contributed by atoms with Crippen LogP contribution in [0.1, 0.15) is 37.4 Å². The van der Waals surface area contributed by atoms with Gasteiger partial charge in [-0.05, 0) is 48.7 Å². The highest BCUT2D eigenvalue weighted by atomic mass is 79.9. The topological polar surface area (TPSA) is 21.3 Å². The van der Waals surface area contributed by atoms with E-state index in [0.717, 1.165) is 23.2 Å². The molecule has 3 heteroatoms. The fraction of sp³-hybridized carbons (Fsp3) is 0.333. The molecule has 1 atom stereocenters. The third-order valence-electron chi connectivity index (χ3n) is 3.42. The summed E-state index contributed by atoms with van der Waals surface area (Å²) in [6, 6.07) is 17.1. The molecule has 0 aromatic heterocycles. The maximum atomic E-state index is 5.55. The minimum Gasteiger partial charge on any atom is -0.494 e. The van der Waals surface area contributed by atoms with Crippen molar-refractivity contribution < 1.29 is 4.74 Å². The standard InChI is InChI=1S/C18H22BrNO/c1-3-18(15-8-6-9-16(19)12-15)20-13-14-7-5-10-17(11-14)21-4-2/h5-12,18,20H,3-4,13H2,1-2H3.